The number of hydrogen-bond acceptors (Lipinski definition) is 4. The molecule has 2 aromatic carbocycles. The van der Waals surface area contributed by atoms with Crippen molar-refractivity contribution in [2.45, 2.75) is 25.9 Å². The fourth-order valence-corrected chi connectivity index (χ4v) is 5.88. The van der Waals surface area contributed by atoms with Crippen molar-refractivity contribution in [3.63, 3.8) is 0 Å². The van der Waals surface area contributed by atoms with Gasteiger partial charge < -0.3 is 14.7 Å². The van der Waals surface area contributed by atoms with Gasteiger partial charge in [-0.25, -0.2) is 9.97 Å². The van der Waals surface area contributed by atoms with E-state index in [4.69, 9.17) is 4.74 Å². The fourth-order valence-electron chi connectivity index (χ4n) is 5.88. The summed E-state index contributed by atoms with van der Waals surface area (Å²) in [6, 6.07) is 18.6. The Morgan fingerprint density at radius 1 is 0.600 bits per heavy atom. The van der Waals surface area contributed by atoms with Gasteiger partial charge in [-0.2, -0.15) is 26.3 Å². The molecule has 0 fully saturated rings. The standard InChI is InChI=1S/C37H22F6N4O2.Mn/c1-20-2-6-22(7-3-20)32-24-10-14-28(44-24)34(36(38,39)40)30-16-12-26(46-30)33(23-8-4-21(5-9-23)18-49-19-48)27-13-17-31(47-27)35(37(41,42)43)29-15-11-25(32)45-29;/h2-17,19H,18H2,1H3;/q-2;+3. The van der Waals surface area contributed by atoms with Crippen LogP contribution in [0.1, 0.15) is 45.0 Å². The number of halogens is 6. The molecule has 0 amide bonds. The Labute approximate surface area is 291 Å². The van der Waals surface area contributed by atoms with E-state index in [0.29, 0.717) is 16.7 Å². The number of hydrogen-bond donors (Lipinski definition) is 0. The second-order valence-electron chi connectivity index (χ2n) is 11.3. The van der Waals surface area contributed by atoms with Crippen molar-refractivity contribution >= 4 is 52.8 Å². The SMILES string of the molecule is Cc1ccc(-c2c3nc(c(C(F)(F)F)c4ccc([n-]4)c(-c4ccc(COC=O)cc4)c4nc(c(C(F)(F)F)c5ccc2[n-]5)C=C4)C=C3)cc1.[Mn+3]. The quantitative estimate of drug-likeness (QED) is 0.100. The van der Waals surface area contributed by atoms with Crippen LogP contribution in [0.4, 0.5) is 26.3 Å². The Bertz CT molecular complexity index is 2320. The molecule has 0 aliphatic carbocycles. The average molecular weight is 724 g/mol. The van der Waals surface area contributed by atoms with Gasteiger partial charge in [0.15, 0.2) is 0 Å². The van der Waals surface area contributed by atoms with Crippen LogP contribution in [0.15, 0.2) is 72.8 Å². The van der Waals surface area contributed by atoms with E-state index in [0.717, 1.165) is 5.56 Å². The van der Waals surface area contributed by atoms with E-state index in [1.54, 1.807) is 48.5 Å². The third-order valence-corrected chi connectivity index (χ3v) is 8.08. The minimum Gasteiger partial charge on any atom is -0.657 e. The summed E-state index contributed by atoms with van der Waals surface area (Å²) in [7, 11) is 0. The van der Waals surface area contributed by atoms with Gasteiger partial charge in [-0.1, -0.05) is 78.4 Å². The van der Waals surface area contributed by atoms with Crippen LogP contribution in [0.25, 0.3) is 68.6 Å². The molecule has 0 saturated carbocycles. The van der Waals surface area contributed by atoms with Crippen molar-refractivity contribution in [2.75, 3.05) is 0 Å². The first-order chi connectivity index (χ1) is 23.4. The van der Waals surface area contributed by atoms with E-state index in [1.165, 1.54) is 48.6 Å². The summed E-state index contributed by atoms with van der Waals surface area (Å²) in [6.45, 7) is 2.11. The molecule has 0 spiro atoms. The molecule has 2 aliphatic heterocycles. The maximum atomic E-state index is 14.8. The first kappa shape index (κ1) is 34.5. The summed E-state index contributed by atoms with van der Waals surface area (Å²) in [5, 5.41) is 0. The molecule has 0 N–H and O–H groups in total. The first-order valence-corrected chi connectivity index (χ1v) is 14.8. The van der Waals surface area contributed by atoms with Crippen LogP contribution in [-0.2, 0) is 45.6 Å². The largest absolute Gasteiger partial charge is 3.00 e. The smallest absolute Gasteiger partial charge is 0.657 e. The van der Waals surface area contributed by atoms with Gasteiger partial charge in [0.2, 0.25) is 0 Å². The molecule has 5 heterocycles. The van der Waals surface area contributed by atoms with Gasteiger partial charge in [-0.15, -0.1) is 22.1 Å². The second-order valence-corrected chi connectivity index (χ2v) is 11.3. The van der Waals surface area contributed by atoms with Crippen LogP contribution in [-0.4, -0.2) is 16.4 Å². The van der Waals surface area contributed by atoms with Crippen LogP contribution >= 0.6 is 0 Å². The molecule has 250 valence electrons. The van der Waals surface area contributed by atoms with E-state index >= 15 is 0 Å². The van der Waals surface area contributed by atoms with Gasteiger partial charge in [0.25, 0.3) is 6.47 Å². The predicted molar refractivity (Wildman–Crippen MR) is 173 cm³/mol. The van der Waals surface area contributed by atoms with Crippen molar-refractivity contribution in [3.8, 4) is 22.3 Å². The minimum absolute atomic E-state index is 0. The topological polar surface area (TPSA) is 80.3 Å². The number of carbonyl (C=O) groups excluding carboxylic acids is 1. The first-order valence-electron chi connectivity index (χ1n) is 14.8. The zero-order chi connectivity index (χ0) is 34.5. The van der Waals surface area contributed by atoms with Crippen LogP contribution in [0.3, 0.4) is 0 Å². The zero-order valence-electron chi connectivity index (χ0n) is 25.8. The Balaban J connectivity index is 0.00000432. The number of aromatic nitrogens is 4. The molecular weight excluding hydrogens is 701 g/mol. The van der Waals surface area contributed by atoms with E-state index < -0.39 is 45.9 Å². The Morgan fingerprint density at radius 3 is 1.42 bits per heavy atom. The number of fused-ring (bicyclic) bond motifs is 8. The third kappa shape index (κ3) is 6.49. The fraction of sp³-hybridized carbons (Fsp3) is 0.108. The molecule has 0 saturated heterocycles. The summed E-state index contributed by atoms with van der Waals surface area (Å²) in [5.74, 6) is 0. The summed E-state index contributed by atoms with van der Waals surface area (Å²) in [5.41, 5.74) is -0.664. The van der Waals surface area contributed by atoms with Gasteiger partial charge in [-0.3, -0.25) is 4.79 Å². The predicted octanol–water partition coefficient (Wildman–Crippen LogP) is 9.26. The minimum atomic E-state index is -4.87. The number of benzene rings is 2. The van der Waals surface area contributed by atoms with Gasteiger partial charge in [0.05, 0.1) is 33.9 Å². The molecule has 7 rings (SSSR count). The van der Waals surface area contributed by atoms with Crippen molar-refractivity contribution < 1.29 is 52.9 Å². The molecule has 0 radical (unpaired) electrons. The summed E-state index contributed by atoms with van der Waals surface area (Å²) < 4.78 is 93.6. The third-order valence-electron chi connectivity index (χ3n) is 8.08. The van der Waals surface area contributed by atoms with Crippen molar-refractivity contribution in [3.05, 3.63) is 118 Å². The van der Waals surface area contributed by atoms with Crippen molar-refractivity contribution in [1.29, 1.82) is 0 Å². The zero-order valence-corrected chi connectivity index (χ0v) is 27.0. The molecule has 6 nitrogen and oxygen atoms in total. The molecule has 0 atom stereocenters. The number of ether oxygens (including phenoxy) is 1. The number of rotatable bonds is 5. The normalized spacial score (nSPS) is 12.5. The average Bonchev–Trinajstić information content (AvgIpc) is 3.87. The number of carbonyl (C=O) groups is 1. The molecular formula is C37H22F6MnN4O2+. The monoisotopic (exact) mass is 723 g/mol. The Kier molecular flexibility index (Phi) is 9.06. The molecule has 50 heavy (non-hydrogen) atoms. The molecule has 2 aliphatic rings. The van der Waals surface area contributed by atoms with E-state index in [1.807, 2.05) is 6.92 Å². The Morgan fingerprint density at radius 2 is 1.00 bits per heavy atom. The van der Waals surface area contributed by atoms with Gasteiger partial charge in [-0.05, 0) is 59.0 Å². The van der Waals surface area contributed by atoms with Gasteiger partial charge >= 0.3 is 29.4 Å². The Hall–Kier alpha value is -5.39. The van der Waals surface area contributed by atoms with Crippen LogP contribution in [0.2, 0.25) is 0 Å². The van der Waals surface area contributed by atoms with Crippen LogP contribution in [0.5, 0.6) is 0 Å². The summed E-state index contributed by atoms with van der Waals surface area (Å²) in [4.78, 5) is 28.1. The second kappa shape index (κ2) is 13.1. The van der Waals surface area contributed by atoms with Gasteiger partial charge in [0, 0.05) is 0 Å². The number of aryl methyl sites for hydroxylation is 1. The van der Waals surface area contributed by atoms with Crippen molar-refractivity contribution in [1.82, 2.24) is 19.9 Å². The molecule has 5 aromatic rings. The van der Waals surface area contributed by atoms with Crippen molar-refractivity contribution in [2.24, 2.45) is 0 Å². The number of nitrogens with zero attached hydrogens (tertiary/aromatic N) is 4. The molecule has 8 bridgehead atoms. The summed E-state index contributed by atoms with van der Waals surface area (Å²) >= 11 is 0. The molecule has 3 aromatic heterocycles. The maximum Gasteiger partial charge on any atom is 3.00 e. The van der Waals surface area contributed by atoms with Crippen LogP contribution in [0, 0.1) is 6.92 Å². The molecule has 0 unspecified atom stereocenters. The van der Waals surface area contributed by atoms with Gasteiger partial charge in [0.1, 0.15) is 6.61 Å². The number of alkyl halides is 6. The van der Waals surface area contributed by atoms with E-state index in [9.17, 15) is 31.1 Å². The van der Waals surface area contributed by atoms with Crippen LogP contribution < -0.4 is 9.97 Å². The molecule has 13 heteroatoms. The summed E-state index contributed by atoms with van der Waals surface area (Å²) in [6.07, 6.45) is -4.59. The maximum absolute atomic E-state index is 14.8. The van der Waals surface area contributed by atoms with E-state index in [-0.39, 0.29) is 63.7 Å². The van der Waals surface area contributed by atoms with E-state index in [2.05, 4.69) is 19.9 Å².